The summed E-state index contributed by atoms with van der Waals surface area (Å²) in [5, 5.41) is 0. The highest BCUT2D eigenvalue weighted by Crippen LogP contribution is 2.36. The van der Waals surface area contributed by atoms with Gasteiger partial charge in [0.15, 0.2) is 0 Å². The molecule has 1 saturated heterocycles. The number of hydrogen-bond acceptors (Lipinski definition) is 4. The Kier molecular flexibility index (Phi) is 5.59. The lowest BCUT2D eigenvalue weighted by molar-refractivity contribution is 1.01. The first-order chi connectivity index (χ1) is 11.9. The van der Waals surface area contributed by atoms with Crippen LogP contribution in [-0.4, -0.2) is 25.6 Å². The third-order valence-electron chi connectivity index (χ3n) is 4.73. The van der Waals surface area contributed by atoms with E-state index in [0.29, 0.717) is 0 Å². The number of rotatable bonds is 4. The van der Waals surface area contributed by atoms with E-state index >= 15 is 0 Å². The fourth-order valence-electron chi connectivity index (χ4n) is 3.69. The van der Waals surface area contributed by atoms with Gasteiger partial charge >= 0.3 is 0 Å². The summed E-state index contributed by atoms with van der Waals surface area (Å²) in [5.74, 6) is 0. The molecule has 0 spiro atoms. The number of thioether (sulfide) groups is 2. The van der Waals surface area contributed by atoms with Crippen LogP contribution in [0.1, 0.15) is 22.3 Å². The van der Waals surface area contributed by atoms with Crippen molar-refractivity contribution < 1.29 is 0 Å². The molecular weight excluding hydrogens is 344 g/mol. The van der Waals surface area contributed by atoms with Crippen molar-refractivity contribution in [3.63, 3.8) is 0 Å². The van der Waals surface area contributed by atoms with Gasteiger partial charge in [-0.05, 0) is 86.7 Å². The summed E-state index contributed by atoms with van der Waals surface area (Å²) in [5.41, 5.74) is 7.90. The number of aryl methyl sites for hydroxylation is 4. The number of anilines is 2. The minimum absolute atomic E-state index is 0.976. The van der Waals surface area contributed by atoms with Crippen molar-refractivity contribution in [3.8, 4) is 0 Å². The van der Waals surface area contributed by atoms with Gasteiger partial charge in [0.25, 0.3) is 0 Å². The van der Waals surface area contributed by atoms with E-state index in [1.54, 1.807) is 23.5 Å². The molecule has 2 radical (unpaired) electrons. The molecule has 0 atom stereocenters. The van der Waals surface area contributed by atoms with E-state index in [2.05, 4.69) is 80.9 Å². The van der Waals surface area contributed by atoms with Gasteiger partial charge in [-0.1, -0.05) is 0 Å². The fourth-order valence-corrected chi connectivity index (χ4v) is 4.87. The van der Waals surface area contributed by atoms with Gasteiger partial charge in [0.1, 0.15) is 0 Å². The third kappa shape index (κ3) is 3.65. The van der Waals surface area contributed by atoms with E-state index in [1.165, 1.54) is 43.4 Å². The molecule has 0 aliphatic carbocycles. The molecule has 0 saturated carbocycles. The van der Waals surface area contributed by atoms with Crippen molar-refractivity contribution in [2.45, 2.75) is 37.5 Å². The summed E-state index contributed by atoms with van der Waals surface area (Å²) in [7, 11) is 0. The summed E-state index contributed by atoms with van der Waals surface area (Å²) < 4.78 is 0. The van der Waals surface area contributed by atoms with Crippen molar-refractivity contribution in [2.75, 3.05) is 35.4 Å². The summed E-state index contributed by atoms with van der Waals surface area (Å²) in [4.78, 5) is 7.23. The lowest BCUT2D eigenvalue weighted by Crippen LogP contribution is -2.21. The van der Waals surface area contributed by atoms with E-state index in [1.807, 2.05) is 0 Å². The standard InChI is InChI=1S/C21H26N2S2/c1-14-9-18(24-5)10-15(2)20(14)22-7-8-23(13-22)21-16(3)11-19(25-6)12-17(21)4/h9-12H,7-8H2,1-6H3. The molecule has 1 fully saturated rings. The van der Waals surface area contributed by atoms with Crippen molar-refractivity contribution in [2.24, 2.45) is 0 Å². The number of nitrogens with zero attached hydrogens (tertiary/aromatic N) is 2. The summed E-state index contributed by atoms with van der Waals surface area (Å²) >= 11 is 3.60. The van der Waals surface area contributed by atoms with Crippen LogP contribution in [0.4, 0.5) is 11.4 Å². The molecule has 0 N–H and O–H groups in total. The first-order valence-corrected chi connectivity index (χ1v) is 11.0. The zero-order chi connectivity index (χ0) is 18.1. The van der Waals surface area contributed by atoms with Crippen molar-refractivity contribution in [1.82, 2.24) is 0 Å². The molecule has 2 aromatic carbocycles. The molecule has 3 rings (SSSR count). The largest absolute Gasteiger partial charge is 0.339 e. The van der Waals surface area contributed by atoms with Crippen LogP contribution < -0.4 is 9.80 Å². The Hall–Kier alpha value is -1.26. The molecule has 0 amide bonds. The molecule has 25 heavy (non-hydrogen) atoms. The van der Waals surface area contributed by atoms with Crippen LogP contribution in [0.5, 0.6) is 0 Å². The lowest BCUT2D eigenvalue weighted by Gasteiger charge is -2.25. The predicted octanol–water partition coefficient (Wildman–Crippen LogP) is 5.69. The first kappa shape index (κ1) is 18.5. The molecule has 2 nitrogen and oxygen atoms in total. The molecule has 132 valence electrons. The van der Waals surface area contributed by atoms with Gasteiger partial charge < -0.3 is 9.80 Å². The van der Waals surface area contributed by atoms with E-state index in [4.69, 9.17) is 0 Å². The van der Waals surface area contributed by atoms with Crippen LogP contribution in [-0.2, 0) is 0 Å². The Labute approximate surface area is 161 Å². The Morgan fingerprint density at radius 1 is 0.680 bits per heavy atom. The summed E-state index contributed by atoms with van der Waals surface area (Å²) in [6.45, 7) is 14.4. The predicted molar refractivity (Wildman–Crippen MR) is 113 cm³/mol. The summed E-state index contributed by atoms with van der Waals surface area (Å²) in [6, 6.07) is 9.12. The molecule has 0 aromatic heterocycles. The van der Waals surface area contributed by atoms with Crippen molar-refractivity contribution >= 4 is 34.9 Å². The van der Waals surface area contributed by atoms with Crippen LogP contribution in [0.2, 0.25) is 0 Å². The van der Waals surface area contributed by atoms with E-state index in [-0.39, 0.29) is 0 Å². The van der Waals surface area contributed by atoms with Gasteiger partial charge in [-0.2, -0.15) is 0 Å². The van der Waals surface area contributed by atoms with Gasteiger partial charge in [-0.25, -0.2) is 0 Å². The zero-order valence-corrected chi connectivity index (χ0v) is 17.6. The van der Waals surface area contributed by atoms with Crippen LogP contribution in [0, 0.1) is 34.4 Å². The highest BCUT2D eigenvalue weighted by Gasteiger charge is 2.27. The topological polar surface area (TPSA) is 6.48 Å². The van der Waals surface area contributed by atoms with Gasteiger partial charge in [-0.15, -0.1) is 23.5 Å². The molecule has 0 unspecified atom stereocenters. The fraction of sp³-hybridized carbons (Fsp3) is 0.381. The maximum Gasteiger partial charge on any atom is 0.208 e. The van der Waals surface area contributed by atoms with Crippen LogP contribution in [0.25, 0.3) is 0 Å². The Morgan fingerprint density at radius 2 is 1.00 bits per heavy atom. The SMILES string of the molecule is CSc1cc(C)c(N2[C]N(c3c(C)cc(SC)cc3C)CC2)c(C)c1. The highest BCUT2D eigenvalue weighted by molar-refractivity contribution is 7.98. The van der Waals surface area contributed by atoms with Crippen LogP contribution >= 0.6 is 23.5 Å². The Balaban J connectivity index is 1.88. The van der Waals surface area contributed by atoms with Crippen LogP contribution in [0.3, 0.4) is 0 Å². The second-order valence-electron chi connectivity index (χ2n) is 6.62. The monoisotopic (exact) mass is 370 g/mol. The highest BCUT2D eigenvalue weighted by atomic mass is 32.2. The third-order valence-corrected chi connectivity index (χ3v) is 6.14. The molecule has 1 aliphatic rings. The molecule has 0 bridgehead atoms. The van der Waals surface area contributed by atoms with E-state index < -0.39 is 0 Å². The molecule has 1 aliphatic heterocycles. The quantitative estimate of drug-likeness (QED) is 0.638. The lowest BCUT2D eigenvalue weighted by atomic mass is 10.1. The van der Waals surface area contributed by atoms with Gasteiger partial charge in [-0.3, -0.25) is 0 Å². The average molecular weight is 371 g/mol. The normalized spacial score (nSPS) is 14.5. The van der Waals surface area contributed by atoms with Crippen molar-refractivity contribution in [1.29, 1.82) is 0 Å². The average Bonchev–Trinajstić information content (AvgIpc) is 3.02. The minimum atomic E-state index is 0.976. The van der Waals surface area contributed by atoms with Crippen molar-refractivity contribution in [3.05, 3.63) is 53.2 Å². The Morgan fingerprint density at radius 3 is 1.28 bits per heavy atom. The zero-order valence-electron chi connectivity index (χ0n) is 15.9. The minimum Gasteiger partial charge on any atom is -0.339 e. The summed E-state index contributed by atoms with van der Waals surface area (Å²) in [6.07, 6.45) is 4.26. The van der Waals surface area contributed by atoms with Gasteiger partial charge in [0, 0.05) is 34.3 Å². The van der Waals surface area contributed by atoms with Gasteiger partial charge in [0.05, 0.1) is 0 Å². The Bertz CT molecular complexity index is 674. The first-order valence-electron chi connectivity index (χ1n) is 8.56. The molecule has 2 aromatic rings. The van der Waals surface area contributed by atoms with Crippen LogP contribution in [0.15, 0.2) is 34.1 Å². The van der Waals surface area contributed by atoms with E-state index in [9.17, 15) is 0 Å². The second-order valence-corrected chi connectivity index (χ2v) is 8.38. The van der Waals surface area contributed by atoms with Gasteiger partial charge in [0.2, 0.25) is 6.67 Å². The second kappa shape index (κ2) is 7.55. The molecule has 1 heterocycles. The smallest absolute Gasteiger partial charge is 0.208 e. The number of hydrogen-bond donors (Lipinski definition) is 0. The maximum atomic E-state index is 3.61. The molecular formula is C21H26N2S2. The molecule has 4 heteroatoms. The van der Waals surface area contributed by atoms with E-state index in [0.717, 1.165) is 13.1 Å². The number of benzene rings is 2. The maximum absolute atomic E-state index is 3.61.